The molecule has 5 heteroatoms. The summed E-state index contributed by atoms with van der Waals surface area (Å²) in [5.41, 5.74) is 0.713. The number of ether oxygens (including phenoxy) is 2. The molecule has 0 saturated carbocycles. The van der Waals surface area contributed by atoms with Gasteiger partial charge in [-0.25, -0.2) is 0 Å². The van der Waals surface area contributed by atoms with Crippen molar-refractivity contribution in [2.45, 2.75) is 26.4 Å². The second kappa shape index (κ2) is 10.2. The third kappa shape index (κ3) is 5.78. The molecule has 2 aromatic carbocycles. The van der Waals surface area contributed by atoms with Crippen molar-refractivity contribution in [2.75, 3.05) is 13.2 Å². The molecule has 0 aliphatic rings. The number of hydrogen-bond donors (Lipinski definition) is 0. The molecule has 0 spiro atoms. The van der Waals surface area contributed by atoms with Crippen LogP contribution in [0.2, 0.25) is 0 Å². The van der Waals surface area contributed by atoms with Gasteiger partial charge in [-0.15, -0.1) is 0 Å². The number of halogens is 1. The summed E-state index contributed by atoms with van der Waals surface area (Å²) in [6.07, 6.45) is 1.27. The summed E-state index contributed by atoms with van der Waals surface area (Å²) >= 11 is 3.39. The first kappa shape index (κ1) is 20.3. The minimum absolute atomic E-state index is 0.236. The molecule has 0 radical (unpaired) electrons. The van der Waals surface area contributed by atoms with Crippen molar-refractivity contribution < 1.29 is 19.1 Å². The molecule has 0 N–H and O–H groups in total. The second-order valence-corrected chi connectivity index (χ2v) is 7.00. The molecule has 2 aromatic rings. The van der Waals surface area contributed by atoms with Crippen molar-refractivity contribution in [1.29, 1.82) is 0 Å². The van der Waals surface area contributed by atoms with Gasteiger partial charge >= 0.3 is 5.97 Å². The van der Waals surface area contributed by atoms with E-state index in [2.05, 4.69) is 15.9 Å². The van der Waals surface area contributed by atoms with E-state index in [-0.39, 0.29) is 19.4 Å². The summed E-state index contributed by atoms with van der Waals surface area (Å²) in [7, 11) is 0. The first-order valence-electron chi connectivity index (χ1n) is 8.59. The van der Waals surface area contributed by atoms with Crippen LogP contribution in [0.25, 0.3) is 0 Å². The lowest BCUT2D eigenvalue weighted by Gasteiger charge is -2.26. The van der Waals surface area contributed by atoms with Gasteiger partial charge < -0.3 is 14.3 Å². The van der Waals surface area contributed by atoms with Gasteiger partial charge in [-0.3, -0.25) is 4.79 Å². The number of aldehydes is 1. The molecule has 0 bridgehead atoms. The number of esters is 1. The van der Waals surface area contributed by atoms with Crippen LogP contribution in [0.1, 0.15) is 24.5 Å². The van der Waals surface area contributed by atoms with Gasteiger partial charge in [-0.05, 0) is 43.0 Å². The third-order valence-electron chi connectivity index (χ3n) is 4.14. The molecule has 0 fully saturated rings. The van der Waals surface area contributed by atoms with Crippen molar-refractivity contribution in [1.82, 2.24) is 0 Å². The fraction of sp³-hybridized carbons (Fsp3) is 0.333. The van der Waals surface area contributed by atoms with Gasteiger partial charge in [-0.1, -0.05) is 58.4 Å². The quantitative estimate of drug-likeness (QED) is 0.249. The second-order valence-electron chi connectivity index (χ2n) is 6.09. The van der Waals surface area contributed by atoms with Crippen molar-refractivity contribution >= 4 is 28.2 Å². The Morgan fingerprint density at radius 2 is 1.77 bits per heavy atom. The zero-order chi connectivity index (χ0) is 18.8. The maximum atomic E-state index is 12.5. The van der Waals surface area contributed by atoms with Crippen LogP contribution >= 0.6 is 15.9 Å². The number of rotatable bonds is 10. The van der Waals surface area contributed by atoms with Crippen LogP contribution in [-0.4, -0.2) is 25.5 Å². The lowest BCUT2D eigenvalue weighted by molar-refractivity contribution is -0.158. The largest absolute Gasteiger partial charge is 0.465 e. The molecule has 1 unspecified atom stereocenters. The van der Waals surface area contributed by atoms with Crippen LogP contribution in [-0.2, 0) is 32.1 Å². The van der Waals surface area contributed by atoms with Gasteiger partial charge in [0.25, 0.3) is 0 Å². The minimum atomic E-state index is -1.24. The van der Waals surface area contributed by atoms with Crippen LogP contribution in [0.4, 0.5) is 0 Å². The van der Waals surface area contributed by atoms with Crippen molar-refractivity contribution in [3.63, 3.8) is 0 Å². The van der Waals surface area contributed by atoms with Crippen LogP contribution in [0.5, 0.6) is 0 Å². The summed E-state index contributed by atoms with van der Waals surface area (Å²) in [5, 5.41) is 0. The summed E-state index contributed by atoms with van der Waals surface area (Å²) in [4.78, 5) is 24.4. The van der Waals surface area contributed by atoms with Gasteiger partial charge in [0.05, 0.1) is 13.2 Å². The zero-order valence-corrected chi connectivity index (χ0v) is 16.4. The fourth-order valence-electron chi connectivity index (χ4n) is 2.67. The predicted molar refractivity (Wildman–Crippen MR) is 104 cm³/mol. The summed E-state index contributed by atoms with van der Waals surface area (Å²) in [6, 6.07) is 17.4. The maximum Gasteiger partial charge on any atom is 0.319 e. The molecule has 0 aliphatic carbocycles. The van der Waals surface area contributed by atoms with Crippen molar-refractivity contribution in [3.05, 3.63) is 70.2 Å². The van der Waals surface area contributed by atoms with E-state index in [0.717, 1.165) is 15.6 Å². The molecule has 0 aliphatic heterocycles. The Bertz CT molecular complexity index is 700. The van der Waals surface area contributed by atoms with E-state index >= 15 is 0 Å². The number of carbonyl (C=O) groups is 2. The molecule has 0 heterocycles. The lowest BCUT2D eigenvalue weighted by Crippen LogP contribution is -2.38. The molecule has 0 aromatic heterocycles. The van der Waals surface area contributed by atoms with E-state index in [1.165, 1.54) is 0 Å². The van der Waals surface area contributed by atoms with Crippen molar-refractivity contribution in [3.8, 4) is 0 Å². The predicted octanol–water partition coefficient (Wildman–Crippen LogP) is 4.35. The minimum Gasteiger partial charge on any atom is -0.465 e. The van der Waals surface area contributed by atoms with E-state index in [1.807, 2.05) is 54.6 Å². The molecule has 26 heavy (non-hydrogen) atoms. The first-order valence-corrected chi connectivity index (χ1v) is 9.38. The highest BCUT2D eigenvalue weighted by atomic mass is 79.9. The highest BCUT2D eigenvalue weighted by molar-refractivity contribution is 9.10. The highest BCUT2D eigenvalue weighted by Crippen LogP contribution is 2.28. The van der Waals surface area contributed by atoms with Gasteiger partial charge in [0, 0.05) is 11.1 Å². The molecule has 0 amide bonds. The number of benzene rings is 2. The van der Waals surface area contributed by atoms with Gasteiger partial charge in [0.2, 0.25) is 0 Å². The highest BCUT2D eigenvalue weighted by Gasteiger charge is 2.39. The molecular weight excluding hydrogens is 396 g/mol. The van der Waals surface area contributed by atoms with Gasteiger partial charge in [-0.2, -0.15) is 0 Å². The Balaban J connectivity index is 2.05. The molecule has 4 nitrogen and oxygen atoms in total. The molecule has 0 saturated heterocycles. The molecule has 2 rings (SSSR count). The fourth-order valence-corrected chi connectivity index (χ4v) is 2.94. The third-order valence-corrected chi connectivity index (χ3v) is 4.67. The van der Waals surface area contributed by atoms with E-state index < -0.39 is 11.4 Å². The molecule has 1 atom stereocenters. The van der Waals surface area contributed by atoms with Gasteiger partial charge in [0.15, 0.2) is 0 Å². The lowest BCUT2D eigenvalue weighted by atomic mass is 9.80. The van der Waals surface area contributed by atoms with Crippen LogP contribution in [0.15, 0.2) is 59.1 Å². The number of carbonyl (C=O) groups excluding carboxylic acids is 2. The zero-order valence-electron chi connectivity index (χ0n) is 14.8. The maximum absolute atomic E-state index is 12.5. The van der Waals surface area contributed by atoms with E-state index in [0.29, 0.717) is 19.5 Å². The average Bonchev–Trinajstić information content (AvgIpc) is 2.67. The number of hydrogen-bond acceptors (Lipinski definition) is 4. The van der Waals surface area contributed by atoms with Gasteiger partial charge in [0.1, 0.15) is 11.7 Å². The average molecular weight is 419 g/mol. The Kier molecular flexibility index (Phi) is 8.01. The molecular formula is C21H23BrO4. The smallest absolute Gasteiger partial charge is 0.319 e. The Morgan fingerprint density at radius 1 is 1.08 bits per heavy atom. The standard InChI is InChI=1S/C21H23BrO4/c1-2-26-20(24)21(16-23,14-17-8-10-19(22)11-9-17)12-13-25-15-18-6-4-3-5-7-18/h3-11,16H,2,12-15H2,1H3. The van der Waals surface area contributed by atoms with Crippen LogP contribution in [0, 0.1) is 5.41 Å². The van der Waals surface area contributed by atoms with Crippen molar-refractivity contribution in [2.24, 2.45) is 5.41 Å². The normalized spacial score (nSPS) is 13.0. The van der Waals surface area contributed by atoms with Crippen LogP contribution < -0.4 is 0 Å². The summed E-state index contributed by atoms with van der Waals surface area (Å²) < 4.78 is 11.8. The SMILES string of the molecule is CCOC(=O)C(C=O)(CCOCc1ccccc1)Cc1ccc(Br)cc1. The Labute approximate surface area is 162 Å². The van der Waals surface area contributed by atoms with Crippen LogP contribution in [0.3, 0.4) is 0 Å². The van der Waals surface area contributed by atoms with E-state index in [4.69, 9.17) is 9.47 Å². The van der Waals surface area contributed by atoms with E-state index in [9.17, 15) is 9.59 Å². The summed E-state index contributed by atoms with van der Waals surface area (Å²) in [6.45, 7) is 2.71. The monoisotopic (exact) mass is 418 g/mol. The topological polar surface area (TPSA) is 52.6 Å². The van der Waals surface area contributed by atoms with E-state index in [1.54, 1.807) is 6.92 Å². The Hall–Kier alpha value is -1.98. The molecule has 138 valence electrons. The first-order chi connectivity index (χ1) is 12.6. The Morgan fingerprint density at radius 3 is 2.38 bits per heavy atom. The summed E-state index contributed by atoms with van der Waals surface area (Å²) in [5.74, 6) is -0.499.